The zero-order valence-corrected chi connectivity index (χ0v) is 9.70. The van der Waals surface area contributed by atoms with Crippen LogP contribution in [0.1, 0.15) is 6.42 Å². The van der Waals surface area contributed by atoms with Crippen molar-refractivity contribution in [1.82, 2.24) is 4.98 Å². The van der Waals surface area contributed by atoms with Crippen LogP contribution < -0.4 is 4.90 Å². The van der Waals surface area contributed by atoms with Gasteiger partial charge in [0.25, 0.3) is 5.69 Å². The second-order valence-corrected chi connectivity index (χ2v) is 4.24. The Hall–Kier alpha value is -1.69. The van der Waals surface area contributed by atoms with Crippen molar-refractivity contribution < 1.29 is 9.66 Å². The summed E-state index contributed by atoms with van der Waals surface area (Å²) in [4.78, 5) is 16.1. The normalized spacial score (nSPS) is 19.2. The standard InChI is InChI=1S/C11H15N3O3/c1-13(7-9-4-5-17-8-9)11-3-2-10(6-12-11)14(15)16/h2-3,6,9H,4-5,7-8H2,1H3/t9-/m0/s1. The lowest BCUT2D eigenvalue weighted by Crippen LogP contribution is -2.26. The van der Waals surface area contributed by atoms with Crippen molar-refractivity contribution in [2.45, 2.75) is 6.42 Å². The quantitative estimate of drug-likeness (QED) is 0.585. The molecular weight excluding hydrogens is 222 g/mol. The van der Waals surface area contributed by atoms with E-state index in [9.17, 15) is 10.1 Å². The van der Waals surface area contributed by atoms with Crippen LogP contribution in [0.3, 0.4) is 0 Å². The number of rotatable bonds is 4. The molecule has 1 fully saturated rings. The largest absolute Gasteiger partial charge is 0.381 e. The summed E-state index contributed by atoms with van der Waals surface area (Å²) in [7, 11) is 1.94. The van der Waals surface area contributed by atoms with Gasteiger partial charge in [0, 0.05) is 32.2 Å². The predicted molar refractivity (Wildman–Crippen MR) is 63.1 cm³/mol. The molecule has 1 aromatic heterocycles. The highest BCUT2D eigenvalue weighted by molar-refractivity contribution is 5.42. The molecule has 1 aromatic rings. The van der Waals surface area contributed by atoms with E-state index < -0.39 is 4.92 Å². The van der Waals surface area contributed by atoms with Gasteiger partial charge in [-0.3, -0.25) is 10.1 Å². The average molecular weight is 237 g/mol. The van der Waals surface area contributed by atoms with Crippen molar-refractivity contribution in [1.29, 1.82) is 0 Å². The summed E-state index contributed by atoms with van der Waals surface area (Å²) in [5.74, 6) is 1.28. The summed E-state index contributed by atoms with van der Waals surface area (Å²) in [5, 5.41) is 10.5. The molecule has 1 aliphatic rings. The molecule has 1 aliphatic heterocycles. The van der Waals surface area contributed by atoms with Gasteiger partial charge < -0.3 is 9.64 Å². The van der Waals surface area contributed by atoms with Gasteiger partial charge in [0.1, 0.15) is 12.0 Å². The number of anilines is 1. The molecule has 0 N–H and O–H groups in total. The highest BCUT2D eigenvalue weighted by Crippen LogP contribution is 2.18. The van der Waals surface area contributed by atoms with E-state index in [2.05, 4.69) is 4.98 Å². The molecule has 0 bridgehead atoms. The number of nitro groups is 1. The van der Waals surface area contributed by atoms with E-state index in [-0.39, 0.29) is 5.69 Å². The van der Waals surface area contributed by atoms with Gasteiger partial charge in [0.15, 0.2) is 0 Å². The fraction of sp³-hybridized carbons (Fsp3) is 0.545. The Balaban J connectivity index is 1.98. The maximum atomic E-state index is 10.5. The predicted octanol–water partition coefficient (Wildman–Crippen LogP) is 1.46. The lowest BCUT2D eigenvalue weighted by atomic mass is 10.1. The van der Waals surface area contributed by atoms with Gasteiger partial charge >= 0.3 is 0 Å². The van der Waals surface area contributed by atoms with E-state index in [1.54, 1.807) is 6.07 Å². The fourth-order valence-electron chi connectivity index (χ4n) is 1.92. The summed E-state index contributed by atoms with van der Waals surface area (Å²) < 4.78 is 5.31. The van der Waals surface area contributed by atoms with E-state index in [1.807, 2.05) is 11.9 Å². The fourth-order valence-corrected chi connectivity index (χ4v) is 1.92. The lowest BCUT2D eigenvalue weighted by Gasteiger charge is -2.20. The van der Waals surface area contributed by atoms with E-state index in [0.717, 1.165) is 32.0 Å². The lowest BCUT2D eigenvalue weighted by molar-refractivity contribution is -0.385. The Morgan fingerprint density at radius 3 is 3.00 bits per heavy atom. The van der Waals surface area contributed by atoms with Gasteiger partial charge in [-0.05, 0) is 12.5 Å². The molecule has 6 heteroatoms. The van der Waals surface area contributed by atoms with Crippen LogP contribution in [0.15, 0.2) is 18.3 Å². The topological polar surface area (TPSA) is 68.5 Å². The molecule has 0 radical (unpaired) electrons. The number of pyridine rings is 1. The molecule has 2 heterocycles. The van der Waals surface area contributed by atoms with Crippen LogP contribution in [0, 0.1) is 16.0 Å². The molecule has 0 aliphatic carbocycles. The summed E-state index contributed by atoms with van der Waals surface area (Å²) in [5.41, 5.74) is 0.0198. The molecule has 92 valence electrons. The first-order chi connectivity index (χ1) is 8.16. The van der Waals surface area contributed by atoms with Crippen molar-refractivity contribution in [2.24, 2.45) is 5.92 Å². The third kappa shape index (κ3) is 2.91. The molecule has 1 atom stereocenters. The van der Waals surface area contributed by atoms with Crippen LogP contribution in [0.5, 0.6) is 0 Å². The van der Waals surface area contributed by atoms with E-state index in [1.165, 1.54) is 12.3 Å². The highest BCUT2D eigenvalue weighted by Gasteiger charge is 2.18. The van der Waals surface area contributed by atoms with Gasteiger partial charge in [-0.2, -0.15) is 0 Å². The summed E-state index contributed by atoms with van der Waals surface area (Å²) >= 11 is 0. The van der Waals surface area contributed by atoms with Crippen molar-refractivity contribution in [3.8, 4) is 0 Å². The van der Waals surface area contributed by atoms with Crippen LogP contribution in [0.4, 0.5) is 11.5 Å². The first-order valence-corrected chi connectivity index (χ1v) is 5.56. The first-order valence-electron chi connectivity index (χ1n) is 5.56. The van der Waals surface area contributed by atoms with Crippen LogP contribution in [0.25, 0.3) is 0 Å². The minimum atomic E-state index is -0.443. The van der Waals surface area contributed by atoms with Gasteiger partial charge in [-0.25, -0.2) is 4.98 Å². The second-order valence-electron chi connectivity index (χ2n) is 4.24. The molecule has 0 saturated carbocycles. The summed E-state index contributed by atoms with van der Waals surface area (Å²) in [6, 6.07) is 3.15. The van der Waals surface area contributed by atoms with Gasteiger partial charge in [-0.15, -0.1) is 0 Å². The maximum absolute atomic E-state index is 10.5. The van der Waals surface area contributed by atoms with Crippen LogP contribution in [0.2, 0.25) is 0 Å². The first kappa shape index (κ1) is 11.8. The molecular formula is C11H15N3O3. The minimum absolute atomic E-state index is 0.0198. The maximum Gasteiger partial charge on any atom is 0.287 e. The van der Waals surface area contributed by atoms with E-state index >= 15 is 0 Å². The van der Waals surface area contributed by atoms with Gasteiger partial charge in [-0.1, -0.05) is 0 Å². The zero-order chi connectivity index (χ0) is 12.3. The average Bonchev–Trinajstić information content (AvgIpc) is 2.82. The van der Waals surface area contributed by atoms with E-state index in [4.69, 9.17) is 4.74 Å². The molecule has 0 spiro atoms. The number of aromatic nitrogens is 1. The molecule has 17 heavy (non-hydrogen) atoms. The highest BCUT2D eigenvalue weighted by atomic mass is 16.6. The van der Waals surface area contributed by atoms with Crippen molar-refractivity contribution in [2.75, 3.05) is 31.7 Å². The van der Waals surface area contributed by atoms with Gasteiger partial charge in [0.05, 0.1) is 11.5 Å². The Bertz CT molecular complexity index is 387. The molecule has 6 nitrogen and oxygen atoms in total. The molecule has 0 aromatic carbocycles. The van der Waals surface area contributed by atoms with Crippen molar-refractivity contribution in [3.63, 3.8) is 0 Å². The number of ether oxygens (including phenoxy) is 1. The number of hydrogen-bond donors (Lipinski definition) is 0. The monoisotopic (exact) mass is 237 g/mol. The van der Waals surface area contributed by atoms with E-state index in [0.29, 0.717) is 5.92 Å². The van der Waals surface area contributed by atoms with Crippen molar-refractivity contribution >= 4 is 11.5 Å². The Kier molecular flexibility index (Phi) is 3.53. The van der Waals surface area contributed by atoms with Crippen LogP contribution >= 0.6 is 0 Å². The smallest absolute Gasteiger partial charge is 0.287 e. The summed E-state index contributed by atoms with van der Waals surface area (Å²) in [6.45, 7) is 2.48. The Labute approximate surface area is 99.4 Å². The van der Waals surface area contributed by atoms with Crippen LogP contribution in [-0.2, 0) is 4.74 Å². The molecule has 1 saturated heterocycles. The molecule has 0 unspecified atom stereocenters. The second kappa shape index (κ2) is 5.09. The van der Waals surface area contributed by atoms with Crippen LogP contribution in [-0.4, -0.2) is 36.7 Å². The minimum Gasteiger partial charge on any atom is -0.381 e. The van der Waals surface area contributed by atoms with Crippen molar-refractivity contribution in [3.05, 3.63) is 28.4 Å². The van der Waals surface area contributed by atoms with Gasteiger partial charge in [0.2, 0.25) is 0 Å². The third-order valence-corrected chi connectivity index (χ3v) is 2.89. The Morgan fingerprint density at radius 2 is 2.47 bits per heavy atom. The SMILES string of the molecule is CN(C[C@@H]1CCOC1)c1ccc([N+](=O)[O-])cn1. The third-order valence-electron chi connectivity index (χ3n) is 2.89. The Morgan fingerprint density at radius 1 is 1.65 bits per heavy atom. The number of hydrogen-bond acceptors (Lipinski definition) is 5. The zero-order valence-electron chi connectivity index (χ0n) is 9.70. The summed E-state index contributed by atoms with van der Waals surface area (Å²) in [6.07, 6.45) is 2.36. The molecule has 0 amide bonds. The number of nitrogens with zero attached hydrogens (tertiary/aromatic N) is 3. The molecule has 2 rings (SSSR count).